The molecule has 2 rings (SSSR count). The van der Waals surface area contributed by atoms with Gasteiger partial charge in [-0.2, -0.15) is 0 Å². The van der Waals surface area contributed by atoms with Crippen molar-refractivity contribution in [1.29, 1.82) is 0 Å². The van der Waals surface area contributed by atoms with E-state index in [1.54, 1.807) is 0 Å². The normalized spacial score (nSPS) is 10.9. The largest absolute Gasteiger partial charge is 0.310 e. The van der Waals surface area contributed by atoms with Crippen LogP contribution in [0.1, 0.15) is 25.0 Å². The number of pyridine rings is 1. The van der Waals surface area contributed by atoms with Gasteiger partial charge in [0.15, 0.2) is 0 Å². The van der Waals surface area contributed by atoms with Crippen LogP contribution in [0.3, 0.4) is 0 Å². The van der Waals surface area contributed by atoms with Crippen molar-refractivity contribution < 1.29 is 0 Å². The molecule has 0 saturated carbocycles. The lowest BCUT2D eigenvalue weighted by Crippen LogP contribution is -2.21. The second kappa shape index (κ2) is 8.08. The highest BCUT2D eigenvalue weighted by Crippen LogP contribution is 2.20. The van der Waals surface area contributed by atoms with Crippen molar-refractivity contribution in [2.75, 3.05) is 5.75 Å². The van der Waals surface area contributed by atoms with Gasteiger partial charge >= 0.3 is 0 Å². The Morgan fingerprint density at radius 1 is 1.15 bits per heavy atom. The maximum atomic E-state index is 4.15. The molecule has 0 aliphatic carbocycles. The first-order valence-electron chi connectivity index (χ1n) is 7.08. The second-order valence-corrected chi connectivity index (χ2v) is 6.31. The van der Waals surface area contributed by atoms with Crippen LogP contribution in [0, 0.1) is 0 Å². The number of aromatic nitrogens is 1. The van der Waals surface area contributed by atoms with Crippen molar-refractivity contribution in [1.82, 2.24) is 10.3 Å². The van der Waals surface area contributed by atoms with Crippen molar-refractivity contribution >= 4 is 11.8 Å². The molecule has 0 amide bonds. The Morgan fingerprint density at radius 2 is 2.00 bits per heavy atom. The van der Waals surface area contributed by atoms with Gasteiger partial charge in [0.05, 0.1) is 0 Å². The maximum Gasteiger partial charge on any atom is 0.0300 e. The van der Waals surface area contributed by atoms with Gasteiger partial charge in [0, 0.05) is 35.6 Å². The Morgan fingerprint density at radius 3 is 2.75 bits per heavy atom. The summed E-state index contributed by atoms with van der Waals surface area (Å²) in [6.45, 7) is 5.29. The maximum absolute atomic E-state index is 4.15. The first-order chi connectivity index (χ1) is 9.74. The molecule has 1 N–H and O–H groups in total. The molecule has 1 heterocycles. The predicted octanol–water partition coefficient (Wildman–Crippen LogP) is 3.91. The summed E-state index contributed by atoms with van der Waals surface area (Å²) in [6.07, 6.45) is 4.83. The van der Waals surface area contributed by atoms with Crippen LogP contribution in [0.15, 0.2) is 53.7 Å². The van der Waals surface area contributed by atoms with Crippen LogP contribution < -0.4 is 5.32 Å². The number of nitrogens with zero attached hydrogens (tertiary/aromatic N) is 1. The van der Waals surface area contributed by atoms with Crippen LogP contribution in [0.25, 0.3) is 0 Å². The van der Waals surface area contributed by atoms with E-state index in [-0.39, 0.29) is 0 Å². The zero-order chi connectivity index (χ0) is 14.2. The van der Waals surface area contributed by atoms with Crippen LogP contribution in [-0.2, 0) is 13.0 Å². The molecule has 0 unspecified atom stereocenters. The van der Waals surface area contributed by atoms with Gasteiger partial charge in [-0.15, -0.1) is 11.8 Å². The summed E-state index contributed by atoms with van der Waals surface area (Å²) in [6, 6.07) is 13.5. The molecule has 0 aliphatic rings. The molecule has 1 aromatic heterocycles. The van der Waals surface area contributed by atoms with Crippen LogP contribution in [0.4, 0.5) is 0 Å². The van der Waals surface area contributed by atoms with E-state index in [0.29, 0.717) is 6.04 Å². The Balaban J connectivity index is 1.82. The minimum atomic E-state index is 0.525. The SMILES string of the molecule is CC(C)NCc1cccc(SCCc2cccnc2)c1. The number of rotatable bonds is 7. The second-order valence-electron chi connectivity index (χ2n) is 5.14. The van der Waals surface area contributed by atoms with Crippen molar-refractivity contribution in [3.05, 3.63) is 59.9 Å². The molecule has 2 nitrogen and oxygen atoms in total. The standard InChI is InChI=1S/C17H22N2S/c1-14(2)19-13-16-5-3-7-17(11-16)20-10-8-15-6-4-9-18-12-15/h3-7,9,11-12,14,19H,8,10,13H2,1-2H3. The summed E-state index contributed by atoms with van der Waals surface area (Å²) in [5, 5.41) is 3.45. The summed E-state index contributed by atoms with van der Waals surface area (Å²) >= 11 is 1.91. The fourth-order valence-corrected chi connectivity index (χ4v) is 2.88. The third-order valence-corrected chi connectivity index (χ3v) is 3.99. The van der Waals surface area contributed by atoms with Crippen LogP contribution in [-0.4, -0.2) is 16.8 Å². The number of aryl methyl sites for hydroxylation is 1. The van der Waals surface area contributed by atoms with Crippen LogP contribution >= 0.6 is 11.8 Å². The molecular formula is C17H22N2S. The molecule has 20 heavy (non-hydrogen) atoms. The average molecular weight is 286 g/mol. The molecule has 3 heteroatoms. The summed E-state index contributed by atoms with van der Waals surface area (Å²) in [7, 11) is 0. The monoisotopic (exact) mass is 286 g/mol. The van der Waals surface area contributed by atoms with Gasteiger partial charge < -0.3 is 5.32 Å². The topological polar surface area (TPSA) is 24.9 Å². The third-order valence-electron chi connectivity index (χ3n) is 3.00. The third kappa shape index (κ3) is 5.35. The summed E-state index contributed by atoms with van der Waals surface area (Å²) in [5.74, 6) is 1.09. The van der Waals surface area contributed by atoms with Crippen molar-refractivity contribution in [3.8, 4) is 0 Å². The first kappa shape index (κ1) is 15.1. The molecule has 0 aliphatic heterocycles. The highest BCUT2D eigenvalue weighted by Gasteiger charge is 1.99. The molecule has 0 bridgehead atoms. The van der Waals surface area contributed by atoms with Gasteiger partial charge in [-0.05, 0) is 35.7 Å². The van der Waals surface area contributed by atoms with E-state index in [9.17, 15) is 0 Å². The molecule has 2 aromatic rings. The fourth-order valence-electron chi connectivity index (χ4n) is 1.90. The van der Waals surface area contributed by atoms with Gasteiger partial charge in [-0.1, -0.05) is 32.0 Å². The van der Waals surface area contributed by atoms with E-state index in [2.05, 4.69) is 54.5 Å². The lowest BCUT2D eigenvalue weighted by atomic mass is 10.2. The van der Waals surface area contributed by atoms with E-state index in [0.717, 1.165) is 18.7 Å². The average Bonchev–Trinajstić information content (AvgIpc) is 2.47. The quantitative estimate of drug-likeness (QED) is 0.781. The van der Waals surface area contributed by atoms with Gasteiger partial charge in [0.2, 0.25) is 0 Å². The lowest BCUT2D eigenvalue weighted by molar-refractivity contribution is 0.588. The predicted molar refractivity (Wildman–Crippen MR) is 87.1 cm³/mol. The molecule has 0 atom stereocenters. The van der Waals surface area contributed by atoms with E-state index in [1.807, 2.05) is 30.2 Å². The fraction of sp³-hybridized carbons (Fsp3) is 0.353. The minimum absolute atomic E-state index is 0.525. The highest BCUT2D eigenvalue weighted by molar-refractivity contribution is 7.99. The zero-order valence-electron chi connectivity index (χ0n) is 12.2. The Labute approximate surface area is 126 Å². The van der Waals surface area contributed by atoms with Crippen molar-refractivity contribution in [3.63, 3.8) is 0 Å². The zero-order valence-corrected chi connectivity index (χ0v) is 13.0. The van der Waals surface area contributed by atoms with E-state index in [1.165, 1.54) is 16.0 Å². The van der Waals surface area contributed by atoms with Crippen molar-refractivity contribution in [2.45, 2.75) is 37.8 Å². The first-order valence-corrected chi connectivity index (χ1v) is 8.06. The molecule has 0 spiro atoms. The number of hydrogen-bond donors (Lipinski definition) is 1. The number of nitrogens with one attached hydrogen (secondary N) is 1. The van der Waals surface area contributed by atoms with Gasteiger partial charge in [-0.3, -0.25) is 4.98 Å². The Kier molecular flexibility index (Phi) is 6.09. The molecule has 0 fully saturated rings. The minimum Gasteiger partial charge on any atom is -0.310 e. The molecule has 1 aromatic carbocycles. The smallest absolute Gasteiger partial charge is 0.0300 e. The van der Waals surface area contributed by atoms with E-state index in [4.69, 9.17) is 0 Å². The molecule has 0 radical (unpaired) electrons. The van der Waals surface area contributed by atoms with E-state index >= 15 is 0 Å². The van der Waals surface area contributed by atoms with Gasteiger partial charge in [0.25, 0.3) is 0 Å². The van der Waals surface area contributed by atoms with Crippen molar-refractivity contribution in [2.24, 2.45) is 0 Å². The molecular weight excluding hydrogens is 264 g/mol. The molecule has 0 saturated heterocycles. The number of hydrogen-bond acceptors (Lipinski definition) is 3. The van der Waals surface area contributed by atoms with E-state index < -0.39 is 0 Å². The lowest BCUT2D eigenvalue weighted by Gasteiger charge is -2.09. The number of thioether (sulfide) groups is 1. The summed E-state index contributed by atoms with van der Waals surface area (Å²) in [4.78, 5) is 5.49. The van der Waals surface area contributed by atoms with Gasteiger partial charge in [-0.25, -0.2) is 0 Å². The van der Waals surface area contributed by atoms with Gasteiger partial charge in [0.1, 0.15) is 0 Å². The van der Waals surface area contributed by atoms with Crippen LogP contribution in [0.5, 0.6) is 0 Å². The number of benzene rings is 1. The highest BCUT2D eigenvalue weighted by atomic mass is 32.2. The Bertz CT molecular complexity index is 511. The summed E-state index contributed by atoms with van der Waals surface area (Å²) < 4.78 is 0. The molecule has 106 valence electrons. The summed E-state index contributed by atoms with van der Waals surface area (Å²) in [5.41, 5.74) is 2.66. The Hall–Kier alpha value is -1.32. The van der Waals surface area contributed by atoms with Crippen LogP contribution in [0.2, 0.25) is 0 Å².